The molecule has 0 amide bonds. The fourth-order valence-corrected chi connectivity index (χ4v) is 2.00. The minimum atomic E-state index is 0.777. The van der Waals surface area contributed by atoms with Crippen LogP contribution in [0.1, 0.15) is 16.7 Å². The Labute approximate surface area is 102 Å². The van der Waals surface area contributed by atoms with E-state index in [-0.39, 0.29) is 0 Å². The van der Waals surface area contributed by atoms with Crippen LogP contribution in [-0.4, -0.2) is 0 Å². The highest BCUT2D eigenvalue weighted by Crippen LogP contribution is 2.18. The van der Waals surface area contributed by atoms with Crippen LogP contribution in [0.5, 0.6) is 0 Å². The zero-order chi connectivity index (χ0) is 12.3. The smallest absolute Gasteiger partial charge is 0.0348 e. The first-order valence-corrected chi connectivity index (χ1v) is 5.85. The number of anilines is 2. The number of aryl methyl sites for hydroxylation is 3. The molecule has 88 valence electrons. The highest BCUT2D eigenvalue weighted by Gasteiger charge is 2.02. The fraction of sp³-hybridized carbons (Fsp3) is 0.200. The van der Waals surface area contributed by atoms with E-state index in [1.807, 2.05) is 18.2 Å². The predicted octanol–water partition coefficient (Wildman–Crippen LogP) is 2.94. The van der Waals surface area contributed by atoms with Gasteiger partial charge in [0.2, 0.25) is 0 Å². The molecule has 0 spiro atoms. The van der Waals surface area contributed by atoms with Crippen molar-refractivity contribution in [1.82, 2.24) is 0 Å². The molecule has 0 atom stereocenters. The van der Waals surface area contributed by atoms with Crippen molar-refractivity contribution in [2.24, 2.45) is 0 Å². The van der Waals surface area contributed by atoms with E-state index in [2.05, 4.69) is 31.2 Å². The second kappa shape index (κ2) is 4.91. The summed E-state index contributed by atoms with van der Waals surface area (Å²) in [5.41, 5.74) is 17.1. The van der Waals surface area contributed by atoms with E-state index in [1.54, 1.807) is 0 Å². The molecule has 0 aromatic heterocycles. The van der Waals surface area contributed by atoms with Crippen LogP contribution in [-0.2, 0) is 12.8 Å². The van der Waals surface area contributed by atoms with Crippen LogP contribution in [0.4, 0.5) is 11.4 Å². The van der Waals surface area contributed by atoms with Gasteiger partial charge in [0.05, 0.1) is 0 Å². The third-order valence-electron chi connectivity index (χ3n) is 3.09. The van der Waals surface area contributed by atoms with E-state index in [4.69, 9.17) is 11.5 Å². The van der Waals surface area contributed by atoms with Gasteiger partial charge >= 0.3 is 0 Å². The average molecular weight is 226 g/mol. The van der Waals surface area contributed by atoms with Gasteiger partial charge in [-0.15, -0.1) is 0 Å². The van der Waals surface area contributed by atoms with Crippen molar-refractivity contribution < 1.29 is 0 Å². The molecule has 2 rings (SSSR count). The van der Waals surface area contributed by atoms with Gasteiger partial charge in [-0.1, -0.05) is 24.3 Å². The van der Waals surface area contributed by atoms with Gasteiger partial charge in [-0.25, -0.2) is 0 Å². The summed E-state index contributed by atoms with van der Waals surface area (Å²) < 4.78 is 0. The van der Waals surface area contributed by atoms with E-state index in [0.717, 1.165) is 29.8 Å². The predicted molar refractivity (Wildman–Crippen MR) is 73.9 cm³/mol. The van der Waals surface area contributed by atoms with Gasteiger partial charge in [-0.2, -0.15) is 0 Å². The Bertz CT molecular complexity index is 518. The van der Waals surface area contributed by atoms with Gasteiger partial charge < -0.3 is 11.5 Å². The maximum atomic E-state index is 5.94. The lowest BCUT2D eigenvalue weighted by atomic mass is 9.99. The maximum absolute atomic E-state index is 5.94. The molecule has 0 aliphatic heterocycles. The minimum absolute atomic E-state index is 0.777. The second-order valence-corrected chi connectivity index (χ2v) is 4.38. The highest BCUT2D eigenvalue weighted by molar-refractivity contribution is 5.55. The molecule has 2 nitrogen and oxygen atoms in total. The van der Waals surface area contributed by atoms with Gasteiger partial charge in [-0.05, 0) is 54.7 Å². The summed E-state index contributed by atoms with van der Waals surface area (Å²) in [7, 11) is 0. The molecule has 0 heterocycles. The van der Waals surface area contributed by atoms with Crippen LogP contribution in [0.15, 0.2) is 42.5 Å². The zero-order valence-corrected chi connectivity index (χ0v) is 10.1. The van der Waals surface area contributed by atoms with E-state index >= 15 is 0 Å². The molecule has 2 aromatic rings. The Kier molecular flexibility index (Phi) is 3.33. The second-order valence-electron chi connectivity index (χ2n) is 4.38. The lowest BCUT2D eigenvalue weighted by Gasteiger charge is -2.08. The largest absolute Gasteiger partial charge is 0.399 e. The third-order valence-corrected chi connectivity index (χ3v) is 3.09. The van der Waals surface area contributed by atoms with Crippen LogP contribution < -0.4 is 11.5 Å². The summed E-state index contributed by atoms with van der Waals surface area (Å²) in [5.74, 6) is 0. The van der Waals surface area contributed by atoms with Crippen LogP contribution in [0, 0.1) is 6.92 Å². The third kappa shape index (κ3) is 2.78. The molecule has 2 aromatic carbocycles. The quantitative estimate of drug-likeness (QED) is 0.791. The van der Waals surface area contributed by atoms with E-state index in [1.165, 1.54) is 11.1 Å². The number of nitrogens with two attached hydrogens (primary N) is 2. The Balaban J connectivity index is 2.12. The molecule has 0 bridgehead atoms. The molecule has 17 heavy (non-hydrogen) atoms. The van der Waals surface area contributed by atoms with Crippen molar-refractivity contribution in [2.45, 2.75) is 19.8 Å². The van der Waals surface area contributed by atoms with E-state index in [0.29, 0.717) is 0 Å². The molecular formula is C15H18N2. The molecule has 0 aliphatic rings. The number of benzene rings is 2. The first kappa shape index (κ1) is 11.5. The van der Waals surface area contributed by atoms with Crippen LogP contribution >= 0.6 is 0 Å². The highest BCUT2D eigenvalue weighted by atomic mass is 14.6. The summed E-state index contributed by atoms with van der Waals surface area (Å²) in [6.07, 6.45) is 1.93. The molecular weight excluding hydrogens is 208 g/mol. The molecule has 0 fully saturated rings. The SMILES string of the molecule is Cc1ccccc1CCc1cc(N)ccc1N. The summed E-state index contributed by atoms with van der Waals surface area (Å²) in [6, 6.07) is 14.1. The number of hydrogen-bond acceptors (Lipinski definition) is 2. The Morgan fingerprint density at radius 1 is 0.882 bits per heavy atom. The van der Waals surface area contributed by atoms with Crippen molar-refractivity contribution in [3.63, 3.8) is 0 Å². The summed E-state index contributed by atoms with van der Waals surface area (Å²) in [4.78, 5) is 0. The Morgan fingerprint density at radius 2 is 1.59 bits per heavy atom. The molecule has 0 aliphatic carbocycles. The number of nitrogen functional groups attached to an aromatic ring is 2. The van der Waals surface area contributed by atoms with Crippen molar-refractivity contribution in [2.75, 3.05) is 11.5 Å². The molecule has 4 N–H and O–H groups in total. The molecule has 0 saturated heterocycles. The fourth-order valence-electron chi connectivity index (χ4n) is 2.00. The monoisotopic (exact) mass is 226 g/mol. The van der Waals surface area contributed by atoms with Gasteiger partial charge in [0, 0.05) is 11.4 Å². The van der Waals surface area contributed by atoms with Crippen molar-refractivity contribution in [3.8, 4) is 0 Å². The number of hydrogen-bond donors (Lipinski definition) is 2. The summed E-state index contributed by atoms with van der Waals surface area (Å²) in [5, 5.41) is 0. The Morgan fingerprint density at radius 3 is 2.35 bits per heavy atom. The lowest BCUT2D eigenvalue weighted by molar-refractivity contribution is 0.952. The standard InChI is InChI=1S/C15H18N2/c1-11-4-2-3-5-12(11)6-7-13-10-14(16)8-9-15(13)17/h2-5,8-10H,6-7,16-17H2,1H3. The topological polar surface area (TPSA) is 52.0 Å². The van der Waals surface area contributed by atoms with E-state index < -0.39 is 0 Å². The molecule has 0 radical (unpaired) electrons. The summed E-state index contributed by atoms with van der Waals surface area (Å²) >= 11 is 0. The molecule has 0 saturated carbocycles. The van der Waals surface area contributed by atoms with E-state index in [9.17, 15) is 0 Å². The molecule has 2 heteroatoms. The van der Waals surface area contributed by atoms with Gasteiger partial charge in [0.1, 0.15) is 0 Å². The minimum Gasteiger partial charge on any atom is -0.399 e. The van der Waals surface area contributed by atoms with Crippen molar-refractivity contribution >= 4 is 11.4 Å². The van der Waals surface area contributed by atoms with Gasteiger partial charge in [0.25, 0.3) is 0 Å². The van der Waals surface area contributed by atoms with Crippen molar-refractivity contribution in [3.05, 3.63) is 59.2 Å². The Hall–Kier alpha value is -1.96. The first-order valence-electron chi connectivity index (χ1n) is 5.85. The van der Waals surface area contributed by atoms with Crippen molar-refractivity contribution in [1.29, 1.82) is 0 Å². The number of rotatable bonds is 3. The lowest BCUT2D eigenvalue weighted by Crippen LogP contribution is -1.99. The zero-order valence-electron chi connectivity index (χ0n) is 10.1. The molecule has 0 unspecified atom stereocenters. The maximum Gasteiger partial charge on any atom is 0.0348 e. The average Bonchev–Trinajstić information content (AvgIpc) is 2.32. The van der Waals surface area contributed by atoms with Gasteiger partial charge in [0.15, 0.2) is 0 Å². The van der Waals surface area contributed by atoms with Gasteiger partial charge in [-0.3, -0.25) is 0 Å². The van der Waals surface area contributed by atoms with Crippen LogP contribution in [0.3, 0.4) is 0 Å². The summed E-state index contributed by atoms with van der Waals surface area (Å²) in [6.45, 7) is 2.14. The van der Waals surface area contributed by atoms with Crippen LogP contribution in [0.25, 0.3) is 0 Å². The normalized spacial score (nSPS) is 10.4. The first-order chi connectivity index (χ1) is 8.16. The van der Waals surface area contributed by atoms with Crippen LogP contribution in [0.2, 0.25) is 0 Å².